The zero-order chi connectivity index (χ0) is 15.8. The zero-order valence-corrected chi connectivity index (χ0v) is 13.4. The average Bonchev–Trinajstić information content (AvgIpc) is 2.56. The first-order valence-electron chi connectivity index (χ1n) is 7.29. The third-order valence-electron chi connectivity index (χ3n) is 3.14. The molecule has 0 aromatic heterocycles. The van der Waals surface area contributed by atoms with Gasteiger partial charge in [-0.2, -0.15) is 11.8 Å². The molecule has 0 saturated carbocycles. The number of thioether (sulfide) groups is 1. The lowest BCUT2D eigenvalue weighted by atomic mass is 10.0. The predicted molar refractivity (Wildman–Crippen MR) is 91.1 cm³/mol. The van der Waals surface area contributed by atoms with Crippen LogP contribution >= 0.6 is 11.8 Å². The number of benzene rings is 2. The number of carbonyl (C=O) groups is 1. The summed E-state index contributed by atoms with van der Waals surface area (Å²) in [4.78, 5) is 11.8. The van der Waals surface area contributed by atoms with Crippen LogP contribution in [-0.2, 0) is 10.5 Å². The fraction of sp³-hybridized carbons (Fsp3) is 0.278. The Bertz CT molecular complexity index is 625. The average molecular weight is 316 g/mol. The second-order valence-corrected chi connectivity index (χ2v) is 5.88. The van der Waals surface area contributed by atoms with E-state index in [1.54, 1.807) is 24.8 Å². The summed E-state index contributed by atoms with van der Waals surface area (Å²) in [7, 11) is 0. The first kappa shape index (κ1) is 16.6. The minimum atomic E-state index is -0.293. The van der Waals surface area contributed by atoms with Crippen LogP contribution in [0.3, 0.4) is 0 Å². The Balaban J connectivity index is 2.19. The number of carbonyl (C=O) groups excluding carboxylic acids is 1. The molecule has 0 spiro atoms. The predicted octanol–water partition coefficient (Wildman–Crippen LogP) is 3.76. The molecule has 0 aliphatic carbocycles. The molecule has 0 aliphatic heterocycles. The first-order chi connectivity index (χ1) is 10.7. The van der Waals surface area contributed by atoms with Crippen LogP contribution in [0.5, 0.6) is 0 Å². The van der Waals surface area contributed by atoms with E-state index in [1.165, 1.54) is 5.56 Å². The second kappa shape index (κ2) is 8.61. The molecule has 22 heavy (non-hydrogen) atoms. The topological polar surface area (TPSA) is 46.5 Å². The number of ether oxygens (including phenoxy) is 1. The Labute approximate surface area is 135 Å². The molecule has 0 radical (unpaired) electrons. The van der Waals surface area contributed by atoms with Crippen LogP contribution in [0.2, 0.25) is 0 Å². The Morgan fingerprint density at radius 2 is 1.86 bits per heavy atom. The molecule has 0 saturated heterocycles. The SMILES string of the molecule is CCOC(=O)c1cccc(-c2cccc(CSCCO)c2)c1. The number of aliphatic hydroxyl groups is 1. The van der Waals surface area contributed by atoms with E-state index in [1.807, 2.05) is 30.3 Å². The largest absolute Gasteiger partial charge is 0.462 e. The maximum atomic E-state index is 11.8. The highest BCUT2D eigenvalue weighted by Gasteiger charge is 2.08. The van der Waals surface area contributed by atoms with Crippen LogP contribution in [0.25, 0.3) is 11.1 Å². The first-order valence-corrected chi connectivity index (χ1v) is 8.45. The Morgan fingerprint density at radius 1 is 1.14 bits per heavy atom. The van der Waals surface area contributed by atoms with Gasteiger partial charge in [-0.1, -0.05) is 36.4 Å². The van der Waals surface area contributed by atoms with Gasteiger partial charge < -0.3 is 9.84 Å². The van der Waals surface area contributed by atoms with Crippen molar-refractivity contribution in [2.45, 2.75) is 12.7 Å². The molecule has 2 aromatic rings. The smallest absolute Gasteiger partial charge is 0.338 e. The van der Waals surface area contributed by atoms with Crippen molar-refractivity contribution in [1.82, 2.24) is 0 Å². The molecule has 3 nitrogen and oxygen atoms in total. The summed E-state index contributed by atoms with van der Waals surface area (Å²) in [5.74, 6) is 1.31. The van der Waals surface area contributed by atoms with E-state index >= 15 is 0 Å². The van der Waals surface area contributed by atoms with Crippen LogP contribution in [0, 0.1) is 0 Å². The summed E-state index contributed by atoms with van der Waals surface area (Å²) in [5, 5.41) is 8.84. The van der Waals surface area contributed by atoms with Gasteiger partial charge in [0.2, 0.25) is 0 Å². The number of hydrogen-bond acceptors (Lipinski definition) is 4. The molecule has 0 bridgehead atoms. The number of rotatable bonds is 7. The highest BCUT2D eigenvalue weighted by molar-refractivity contribution is 7.98. The normalized spacial score (nSPS) is 10.5. The van der Waals surface area contributed by atoms with E-state index in [-0.39, 0.29) is 12.6 Å². The van der Waals surface area contributed by atoms with Crippen LogP contribution in [0.1, 0.15) is 22.8 Å². The number of esters is 1. The van der Waals surface area contributed by atoms with Crippen molar-refractivity contribution < 1.29 is 14.6 Å². The second-order valence-electron chi connectivity index (χ2n) is 4.78. The number of aliphatic hydroxyl groups excluding tert-OH is 1. The van der Waals surface area contributed by atoms with Crippen molar-refractivity contribution in [2.24, 2.45) is 0 Å². The van der Waals surface area contributed by atoms with E-state index in [9.17, 15) is 4.79 Å². The lowest BCUT2D eigenvalue weighted by Crippen LogP contribution is -2.04. The van der Waals surface area contributed by atoms with Gasteiger partial charge in [-0.3, -0.25) is 0 Å². The molecule has 2 aromatic carbocycles. The van der Waals surface area contributed by atoms with E-state index in [0.717, 1.165) is 22.6 Å². The van der Waals surface area contributed by atoms with Gasteiger partial charge in [-0.15, -0.1) is 0 Å². The lowest BCUT2D eigenvalue weighted by molar-refractivity contribution is 0.0526. The van der Waals surface area contributed by atoms with E-state index in [4.69, 9.17) is 9.84 Å². The van der Waals surface area contributed by atoms with E-state index in [0.29, 0.717) is 12.2 Å². The summed E-state index contributed by atoms with van der Waals surface area (Å²) < 4.78 is 5.04. The summed E-state index contributed by atoms with van der Waals surface area (Å²) in [6.45, 7) is 2.38. The van der Waals surface area contributed by atoms with Crippen LogP contribution < -0.4 is 0 Å². The molecule has 1 N–H and O–H groups in total. The molecule has 0 atom stereocenters. The van der Waals surface area contributed by atoms with Crippen molar-refractivity contribution in [3.8, 4) is 11.1 Å². The number of hydrogen-bond donors (Lipinski definition) is 1. The summed E-state index contributed by atoms with van der Waals surface area (Å²) in [5.41, 5.74) is 3.85. The quantitative estimate of drug-likeness (QED) is 0.624. The molecule has 0 aliphatic rings. The highest BCUT2D eigenvalue weighted by Crippen LogP contribution is 2.23. The van der Waals surface area contributed by atoms with Crippen molar-refractivity contribution in [2.75, 3.05) is 19.0 Å². The minimum Gasteiger partial charge on any atom is -0.462 e. The molecular formula is C18H20O3S. The van der Waals surface area contributed by atoms with Crippen molar-refractivity contribution in [1.29, 1.82) is 0 Å². The molecule has 0 amide bonds. The summed E-state index contributed by atoms with van der Waals surface area (Å²) in [6, 6.07) is 15.7. The molecule has 4 heteroatoms. The van der Waals surface area contributed by atoms with Crippen LogP contribution in [0.15, 0.2) is 48.5 Å². The molecule has 0 fully saturated rings. The van der Waals surface area contributed by atoms with Crippen LogP contribution in [-0.4, -0.2) is 30.0 Å². The van der Waals surface area contributed by atoms with Crippen LogP contribution in [0.4, 0.5) is 0 Å². The van der Waals surface area contributed by atoms with Gasteiger partial charge in [-0.25, -0.2) is 4.79 Å². The third kappa shape index (κ3) is 4.61. The molecule has 2 rings (SSSR count). The highest BCUT2D eigenvalue weighted by atomic mass is 32.2. The molecule has 0 unspecified atom stereocenters. The van der Waals surface area contributed by atoms with Crippen molar-refractivity contribution in [3.05, 3.63) is 59.7 Å². The van der Waals surface area contributed by atoms with E-state index in [2.05, 4.69) is 12.1 Å². The Morgan fingerprint density at radius 3 is 2.59 bits per heavy atom. The fourth-order valence-corrected chi connectivity index (χ4v) is 2.82. The Hall–Kier alpha value is -1.78. The van der Waals surface area contributed by atoms with Gasteiger partial charge in [0, 0.05) is 11.5 Å². The summed E-state index contributed by atoms with van der Waals surface area (Å²) >= 11 is 1.70. The monoisotopic (exact) mass is 316 g/mol. The molecule has 0 heterocycles. The van der Waals surface area contributed by atoms with E-state index < -0.39 is 0 Å². The molecule has 116 valence electrons. The Kier molecular flexibility index (Phi) is 6.49. The molecular weight excluding hydrogens is 296 g/mol. The van der Waals surface area contributed by atoms with Gasteiger partial charge >= 0.3 is 5.97 Å². The maximum Gasteiger partial charge on any atom is 0.338 e. The van der Waals surface area contributed by atoms with Gasteiger partial charge in [-0.05, 0) is 35.7 Å². The minimum absolute atomic E-state index is 0.200. The third-order valence-corrected chi connectivity index (χ3v) is 4.15. The zero-order valence-electron chi connectivity index (χ0n) is 12.6. The van der Waals surface area contributed by atoms with Gasteiger partial charge in [0.25, 0.3) is 0 Å². The maximum absolute atomic E-state index is 11.8. The van der Waals surface area contributed by atoms with Crippen molar-refractivity contribution >= 4 is 17.7 Å². The standard InChI is InChI=1S/C18H20O3S/c1-2-21-18(20)17-8-4-7-16(12-17)15-6-3-5-14(11-15)13-22-10-9-19/h3-8,11-12,19H,2,9-10,13H2,1H3. The fourth-order valence-electron chi connectivity index (χ4n) is 2.14. The summed E-state index contributed by atoms with van der Waals surface area (Å²) in [6.07, 6.45) is 0. The lowest BCUT2D eigenvalue weighted by Gasteiger charge is -2.07. The van der Waals surface area contributed by atoms with Gasteiger partial charge in [0.15, 0.2) is 0 Å². The van der Waals surface area contributed by atoms with Gasteiger partial charge in [0.05, 0.1) is 18.8 Å². The van der Waals surface area contributed by atoms with Crippen molar-refractivity contribution in [3.63, 3.8) is 0 Å². The van der Waals surface area contributed by atoms with Gasteiger partial charge in [0.1, 0.15) is 0 Å².